The van der Waals surface area contributed by atoms with E-state index in [0.717, 1.165) is 0 Å². The first kappa shape index (κ1) is 10.6. The lowest BCUT2D eigenvalue weighted by atomic mass is 9.98. The second-order valence-corrected chi connectivity index (χ2v) is 4.70. The first-order valence-corrected chi connectivity index (χ1v) is 5.63. The smallest absolute Gasteiger partial charge is 0.291 e. The highest BCUT2D eigenvalue weighted by Gasteiger charge is 2.51. The molecule has 2 aliphatic heterocycles. The highest BCUT2D eigenvalue weighted by molar-refractivity contribution is 5.91. The van der Waals surface area contributed by atoms with Crippen LogP contribution in [0.3, 0.4) is 0 Å². The van der Waals surface area contributed by atoms with Crippen molar-refractivity contribution in [1.82, 2.24) is 20.1 Å². The molecule has 2 fully saturated rings. The van der Waals surface area contributed by atoms with Crippen molar-refractivity contribution in [1.29, 1.82) is 0 Å². The summed E-state index contributed by atoms with van der Waals surface area (Å²) in [6, 6.07) is -0.720. The van der Waals surface area contributed by atoms with E-state index in [1.807, 2.05) is 0 Å². The summed E-state index contributed by atoms with van der Waals surface area (Å²) in [5.41, 5.74) is 0. The summed E-state index contributed by atoms with van der Waals surface area (Å²) >= 11 is 0. The van der Waals surface area contributed by atoms with Gasteiger partial charge in [0.1, 0.15) is 6.33 Å². The third kappa shape index (κ3) is 1.69. The Bertz CT molecular complexity index is 418. The lowest BCUT2D eigenvalue weighted by molar-refractivity contribution is -0.0737. The molecule has 1 aromatic heterocycles. The Balaban J connectivity index is 1.84. The van der Waals surface area contributed by atoms with Crippen LogP contribution in [0.15, 0.2) is 6.33 Å². The van der Waals surface area contributed by atoms with Crippen molar-refractivity contribution in [2.45, 2.75) is 43.7 Å². The largest absolute Gasteiger partial charge is 0.330 e. The molecule has 2 bridgehead atoms. The predicted octanol–water partition coefficient (Wildman–Crippen LogP) is 1.21. The van der Waals surface area contributed by atoms with Crippen LogP contribution in [0.2, 0.25) is 0 Å². The Hall–Kier alpha value is -1.53. The maximum atomic E-state index is 13.4. The van der Waals surface area contributed by atoms with Crippen LogP contribution in [0.4, 0.5) is 8.78 Å². The van der Waals surface area contributed by atoms with Gasteiger partial charge in [0.15, 0.2) is 0 Å². The molecule has 2 saturated heterocycles. The molecule has 0 spiro atoms. The molecular weight excluding hydrogens is 230 g/mol. The molecule has 0 radical (unpaired) electrons. The average molecular weight is 242 g/mol. The second-order valence-electron chi connectivity index (χ2n) is 4.70. The van der Waals surface area contributed by atoms with Gasteiger partial charge in [-0.1, -0.05) is 0 Å². The van der Waals surface area contributed by atoms with E-state index in [0.29, 0.717) is 12.8 Å². The summed E-state index contributed by atoms with van der Waals surface area (Å²) in [5.74, 6) is -2.82. The van der Waals surface area contributed by atoms with E-state index in [2.05, 4.69) is 15.2 Å². The summed E-state index contributed by atoms with van der Waals surface area (Å²) in [7, 11) is 0. The van der Waals surface area contributed by atoms with Gasteiger partial charge in [0.25, 0.3) is 11.8 Å². The minimum Gasteiger partial charge on any atom is -0.330 e. The molecule has 3 heterocycles. The molecular formula is C10H12F2N4O. The monoisotopic (exact) mass is 242 g/mol. The van der Waals surface area contributed by atoms with Gasteiger partial charge < -0.3 is 4.90 Å². The van der Waals surface area contributed by atoms with Gasteiger partial charge in [-0.25, -0.2) is 13.8 Å². The molecule has 0 saturated carbocycles. The van der Waals surface area contributed by atoms with Crippen LogP contribution >= 0.6 is 0 Å². The fourth-order valence-electron chi connectivity index (χ4n) is 2.90. The second kappa shape index (κ2) is 3.48. The Morgan fingerprint density at radius 2 is 2.06 bits per heavy atom. The number of aromatic nitrogens is 3. The summed E-state index contributed by atoms with van der Waals surface area (Å²) in [5, 5.41) is 6.09. The average Bonchev–Trinajstić information content (AvgIpc) is 2.84. The normalized spacial score (nSPS) is 30.6. The highest BCUT2D eigenvalue weighted by Crippen LogP contribution is 2.43. The molecule has 92 valence electrons. The number of alkyl halides is 2. The summed E-state index contributed by atoms with van der Waals surface area (Å²) in [4.78, 5) is 17.4. The van der Waals surface area contributed by atoms with Gasteiger partial charge in [0.05, 0.1) is 0 Å². The number of fused-ring (bicyclic) bond motifs is 2. The third-order valence-electron chi connectivity index (χ3n) is 3.54. The maximum absolute atomic E-state index is 13.4. The molecule has 17 heavy (non-hydrogen) atoms. The van der Waals surface area contributed by atoms with Crippen molar-refractivity contribution in [2.75, 3.05) is 0 Å². The van der Waals surface area contributed by atoms with Crippen LogP contribution in [0.5, 0.6) is 0 Å². The fraction of sp³-hybridized carbons (Fsp3) is 0.700. The molecule has 2 aliphatic rings. The van der Waals surface area contributed by atoms with Crippen LogP contribution in [-0.2, 0) is 0 Å². The quantitative estimate of drug-likeness (QED) is 0.805. The van der Waals surface area contributed by atoms with E-state index < -0.39 is 5.92 Å². The molecule has 2 atom stereocenters. The van der Waals surface area contributed by atoms with Crippen LogP contribution < -0.4 is 0 Å². The van der Waals surface area contributed by atoms with E-state index in [1.165, 1.54) is 6.33 Å². The first-order valence-electron chi connectivity index (χ1n) is 5.63. The van der Waals surface area contributed by atoms with Gasteiger partial charge in [-0.3, -0.25) is 9.89 Å². The lowest BCUT2D eigenvalue weighted by Gasteiger charge is -2.38. The number of nitrogens with zero attached hydrogens (tertiary/aromatic N) is 3. The number of hydrogen-bond donors (Lipinski definition) is 1. The highest BCUT2D eigenvalue weighted by atomic mass is 19.3. The van der Waals surface area contributed by atoms with E-state index in [-0.39, 0.29) is 36.7 Å². The van der Waals surface area contributed by atoms with Gasteiger partial charge in [-0.15, -0.1) is 0 Å². The number of halogens is 2. The van der Waals surface area contributed by atoms with Crippen LogP contribution in [0, 0.1) is 0 Å². The molecule has 0 aromatic carbocycles. The van der Waals surface area contributed by atoms with Crippen molar-refractivity contribution >= 4 is 5.91 Å². The SMILES string of the molecule is O=C(c1ncn[nH]1)N1C2CCC1CC(F)(F)C2. The van der Waals surface area contributed by atoms with Crippen LogP contribution in [0.25, 0.3) is 0 Å². The molecule has 7 heteroatoms. The van der Waals surface area contributed by atoms with Crippen molar-refractivity contribution < 1.29 is 13.6 Å². The van der Waals surface area contributed by atoms with E-state index in [1.54, 1.807) is 4.90 Å². The van der Waals surface area contributed by atoms with Crippen molar-refractivity contribution in [3.05, 3.63) is 12.2 Å². The number of aromatic amines is 1. The molecule has 1 N–H and O–H groups in total. The number of carbonyl (C=O) groups is 1. The predicted molar refractivity (Wildman–Crippen MR) is 53.5 cm³/mol. The fourth-order valence-corrected chi connectivity index (χ4v) is 2.90. The van der Waals surface area contributed by atoms with Crippen molar-refractivity contribution in [3.8, 4) is 0 Å². The van der Waals surface area contributed by atoms with E-state index in [9.17, 15) is 13.6 Å². The number of carbonyl (C=O) groups excluding carboxylic acids is 1. The minimum atomic E-state index is -2.63. The first-order chi connectivity index (χ1) is 8.07. The Morgan fingerprint density at radius 1 is 1.41 bits per heavy atom. The van der Waals surface area contributed by atoms with Crippen LogP contribution in [0.1, 0.15) is 36.3 Å². The molecule has 0 aliphatic carbocycles. The number of piperidine rings is 1. The standard InChI is InChI=1S/C10H12F2N4O/c11-10(12)3-6-1-2-7(4-10)16(6)9(17)8-13-5-14-15-8/h5-7H,1-4H2,(H,13,14,15). The molecule has 5 nitrogen and oxygen atoms in total. The lowest BCUT2D eigenvalue weighted by Crippen LogP contribution is -2.50. The summed E-state index contributed by atoms with van der Waals surface area (Å²) in [6.45, 7) is 0. The summed E-state index contributed by atoms with van der Waals surface area (Å²) < 4.78 is 26.7. The molecule has 1 amide bonds. The van der Waals surface area contributed by atoms with E-state index in [4.69, 9.17) is 0 Å². The third-order valence-corrected chi connectivity index (χ3v) is 3.54. The Labute approximate surface area is 96.2 Å². The van der Waals surface area contributed by atoms with Crippen molar-refractivity contribution in [3.63, 3.8) is 0 Å². The topological polar surface area (TPSA) is 61.9 Å². The van der Waals surface area contributed by atoms with Gasteiger partial charge in [-0.2, -0.15) is 5.10 Å². The maximum Gasteiger partial charge on any atom is 0.291 e. The zero-order valence-corrected chi connectivity index (χ0v) is 9.07. The Kier molecular flexibility index (Phi) is 2.17. The van der Waals surface area contributed by atoms with E-state index >= 15 is 0 Å². The van der Waals surface area contributed by atoms with Gasteiger partial charge >= 0.3 is 0 Å². The number of hydrogen-bond acceptors (Lipinski definition) is 3. The molecule has 3 rings (SSSR count). The number of H-pyrrole nitrogens is 1. The number of amides is 1. The zero-order chi connectivity index (χ0) is 12.0. The van der Waals surface area contributed by atoms with Crippen molar-refractivity contribution in [2.24, 2.45) is 0 Å². The van der Waals surface area contributed by atoms with Gasteiger partial charge in [-0.05, 0) is 12.8 Å². The number of rotatable bonds is 1. The zero-order valence-electron chi connectivity index (χ0n) is 9.07. The molecule has 1 aromatic rings. The number of nitrogens with one attached hydrogen (secondary N) is 1. The minimum absolute atomic E-state index is 0.132. The van der Waals surface area contributed by atoms with Gasteiger partial charge in [0, 0.05) is 24.9 Å². The molecule has 2 unspecified atom stereocenters. The Morgan fingerprint density at radius 3 is 2.59 bits per heavy atom. The summed E-state index contributed by atoms with van der Waals surface area (Å²) in [6.07, 6.45) is 2.08. The van der Waals surface area contributed by atoms with Gasteiger partial charge in [0.2, 0.25) is 5.82 Å². The van der Waals surface area contributed by atoms with Crippen LogP contribution in [-0.4, -0.2) is 44.0 Å².